The Morgan fingerprint density at radius 1 is 1.35 bits per heavy atom. The normalized spacial score (nSPS) is 20.4. The molecule has 2 unspecified atom stereocenters. The van der Waals surface area contributed by atoms with Crippen LogP contribution >= 0.6 is 11.8 Å². The van der Waals surface area contributed by atoms with Gasteiger partial charge in [-0.15, -0.1) is 0 Å². The summed E-state index contributed by atoms with van der Waals surface area (Å²) in [7, 11) is 0. The van der Waals surface area contributed by atoms with Crippen LogP contribution in [0.25, 0.3) is 10.9 Å². The Morgan fingerprint density at radius 2 is 2.30 bits per heavy atom. The van der Waals surface area contributed by atoms with Crippen LogP contribution in [0.4, 0.5) is 0 Å². The van der Waals surface area contributed by atoms with Gasteiger partial charge in [0.25, 0.3) is 0 Å². The van der Waals surface area contributed by atoms with E-state index in [0.29, 0.717) is 11.3 Å². The lowest BCUT2D eigenvalue weighted by Crippen LogP contribution is -2.29. The van der Waals surface area contributed by atoms with E-state index in [1.165, 1.54) is 36.0 Å². The van der Waals surface area contributed by atoms with Crippen molar-refractivity contribution in [3.63, 3.8) is 0 Å². The zero-order valence-electron chi connectivity index (χ0n) is 12.0. The maximum absolute atomic E-state index is 4.50. The highest BCUT2D eigenvalue weighted by Crippen LogP contribution is 2.38. The quantitative estimate of drug-likeness (QED) is 0.893. The summed E-state index contributed by atoms with van der Waals surface area (Å²) in [5, 5.41) is 5.77. The maximum atomic E-state index is 4.50. The Morgan fingerprint density at radius 3 is 3.10 bits per heavy atom. The van der Waals surface area contributed by atoms with Crippen LogP contribution in [-0.4, -0.2) is 22.5 Å². The van der Waals surface area contributed by atoms with E-state index in [-0.39, 0.29) is 0 Å². The average Bonchev–Trinajstić information content (AvgIpc) is 3.02. The number of nitrogens with one attached hydrogen (secondary N) is 1. The molecule has 3 rings (SSSR count). The highest BCUT2D eigenvalue weighted by Gasteiger charge is 2.27. The lowest BCUT2D eigenvalue weighted by Gasteiger charge is -2.25. The molecule has 20 heavy (non-hydrogen) atoms. The van der Waals surface area contributed by atoms with Gasteiger partial charge in [0.15, 0.2) is 0 Å². The van der Waals surface area contributed by atoms with Gasteiger partial charge in [-0.1, -0.05) is 25.1 Å². The third-order valence-electron chi connectivity index (χ3n) is 3.97. The van der Waals surface area contributed by atoms with Gasteiger partial charge in [-0.2, -0.15) is 11.8 Å². The summed E-state index contributed by atoms with van der Waals surface area (Å²) in [6, 6.07) is 11.2. The lowest BCUT2D eigenvalue weighted by molar-refractivity contribution is 0.506. The summed E-state index contributed by atoms with van der Waals surface area (Å²) in [6.45, 7) is 3.31. The van der Waals surface area contributed by atoms with E-state index in [1.807, 2.05) is 12.3 Å². The Bertz CT molecular complexity index is 558. The Balaban J connectivity index is 1.99. The molecule has 1 aliphatic heterocycles. The molecular weight excluding hydrogens is 264 g/mol. The topological polar surface area (TPSA) is 24.9 Å². The summed E-state index contributed by atoms with van der Waals surface area (Å²) in [5.74, 6) is 1.30. The fraction of sp³-hybridized carbons (Fsp3) is 0.471. The van der Waals surface area contributed by atoms with E-state index < -0.39 is 0 Å². The van der Waals surface area contributed by atoms with Crippen molar-refractivity contribution in [3.05, 3.63) is 42.1 Å². The number of benzene rings is 1. The monoisotopic (exact) mass is 286 g/mol. The number of thioether (sulfide) groups is 1. The second-order valence-electron chi connectivity index (χ2n) is 5.40. The molecule has 1 N–H and O–H groups in total. The summed E-state index contributed by atoms with van der Waals surface area (Å²) >= 11 is 2.12. The molecule has 0 amide bonds. The van der Waals surface area contributed by atoms with Gasteiger partial charge in [0.2, 0.25) is 0 Å². The van der Waals surface area contributed by atoms with Crippen LogP contribution in [0.5, 0.6) is 0 Å². The SMILES string of the molecule is CCCNC(c1cccc2ncccc12)C1CCCS1. The molecule has 2 aromatic rings. The van der Waals surface area contributed by atoms with Crippen molar-refractivity contribution < 1.29 is 0 Å². The summed E-state index contributed by atoms with van der Waals surface area (Å²) in [4.78, 5) is 4.50. The largest absolute Gasteiger partial charge is 0.309 e. The van der Waals surface area contributed by atoms with Crippen molar-refractivity contribution in [1.82, 2.24) is 10.3 Å². The van der Waals surface area contributed by atoms with Crippen LogP contribution in [0, 0.1) is 0 Å². The summed E-state index contributed by atoms with van der Waals surface area (Å²) < 4.78 is 0. The smallest absolute Gasteiger partial charge is 0.0705 e. The molecule has 0 aliphatic carbocycles. The molecule has 106 valence electrons. The predicted octanol–water partition coefficient (Wildman–Crippen LogP) is 4.17. The molecule has 1 saturated heterocycles. The van der Waals surface area contributed by atoms with Crippen molar-refractivity contribution >= 4 is 22.7 Å². The van der Waals surface area contributed by atoms with Crippen molar-refractivity contribution in [3.8, 4) is 0 Å². The van der Waals surface area contributed by atoms with E-state index in [0.717, 1.165) is 12.1 Å². The van der Waals surface area contributed by atoms with Crippen LogP contribution in [0.1, 0.15) is 37.8 Å². The molecule has 3 heteroatoms. The van der Waals surface area contributed by atoms with Gasteiger partial charge in [-0.05, 0) is 49.3 Å². The Labute approximate surface area is 125 Å². The first kappa shape index (κ1) is 13.9. The molecule has 1 aromatic carbocycles. The van der Waals surface area contributed by atoms with Crippen LogP contribution in [0.3, 0.4) is 0 Å². The number of nitrogens with zero attached hydrogens (tertiary/aromatic N) is 1. The molecule has 1 aliphatic rings. The highest BCUT2D eigenvalue weighted by atomic mass is 32.2. The zero-order chi connectivity index (χ0) is 13.8. The molecule has 2 nitrogen and oxygen atoms in total. The fourth-order valence-corrected chi connectivity index (χ4v) is 4.41. The average molecular weight is 286 g/mol. The first-order chi connectivity index (χ1) is 9.90. The number of hydrogen-bond donors (Lipinski definition) is 1. The van der Waals surface area contributed by atoms with Crippen LogP contribution in [-0.2, 0) is 0 Å². The van der Waals surface area contributed by atoms with E-state index >= 15 is 0 Å². The minimum absolute atomic E-state index is 0.454. The van der Waals surface area contributed by atoms with Gasteiger partial charge in [0.05, 0.1) is 5.52 Å². The molecule has 0 bridgehead atoms. The Kier molecular flexibility index (Phi) is 4.58. The fourth-order valence-electron chi connectivity index (χ4n) is 3.01. The summed E-state index contributed by atoms with van der Waals surface area (Å²) in [6.07, 6.45) is 5.73. The summed E-state index contributed by atoms with van der Waals surface area (Å²) in [5.41, 5.74) is 2.53. The number of rotatable bonds is 5. The first-order valence-corrected chi connectivity index (χ1v) is 8.63. The molecular formula is C17H22N2S. The first-order valence-electron chi connectivity index (χ1n) is 7.59. The van der Waals surface area contributed by atoms with Crippen LogP contribution in [0.2, 0.25) is 0 Å². The van der Waals surface area contributed by atoms with Crippen molar-refractivity contribution in [2.24, 2.45) is 0 Å². The van der Waals surface area contributed by atoms with Gasteiger partial charge in [-0.25, -0.2) is 0 Å². The maximum Gasteiger partial charge on any atom is 0.0705 e. The van der Waals surface area contributed by atoms with E-state index in [1.54, 1.807) is 0 Å². The number of aromatic nitrogens is 1. The Hall–Kier alpha value is -1.06. The van der Waals surface area contributed by atoms with Gasteiger partial charge in [0.1, 0.15) is 0 Å². The molecule has 0 spiro atoms. The second-order valence-corrected chi connectivity index (χ2v) is 6.75. The van der Waals surface area contributed by atoms with E-state index in [4.69, 9.17) is 0 Å². The van der Waals surface area contributed by atoms with Crippen molar-refractivity contribution in [2.75, 3.05) is 12.3 Å². The number of fused-ring (bicyclic) bond motifs is 1. The third kappa shape index (κ3) is 2.84. The molecule has 0 radical (unpaired) electrons. The lowest BCUT2D eigenvalue weighted by atomic mass is 9.96. The highest BCUT2D eigenvalue weighted by molar-refractivity contribution is 8.00. The van der Waals surface area contributed by atoms with E-state index in [2.05, 4.69) is 53.3 Å². The van der Waals surface area contributed by atoms with Gasteiger partial charge in [0, 0.05) is 22.9 Å². The standard InChI is InChI=1S/C17H22N2S/c1-2-10-19-17(16-9-5-12-20-16)14-6-3-8-15-13(14)7-4-11-18-15/h3-4,6-8,11,16-17,19H,2,5,9-10,12H2,1H3. The zero-order valence-corrected chi connectivity index (χ0v) is 12.8. The van der Waals surface area contributed by atoms with Crippen molar-refractivity contribution in [2.45, 2.75) is 37.5 Å². The molecule has 2 atom stereocenters. The third-order valence-corrected chi connectivity index (χ3v) is 5.43. The van der Waals surface area contributed by atoms with Gasteiger partial charge < -0.3 is 5.32 Å². The predicted molar refractivity (Wildman–Crippen MR) is 88.3 cm³/mol. The number of hydrogen-bond acceptors (Lipinski definition) is 3. The molecule has 2 heterocycles. The molecule has 0 saturated carbocycles. The molecule has 1 fully saturated rings. The molecule has 1 aromatic heterocycles. The van der Waals surface area contributed by atoms with Crippen LogP contribution in [0.15, 0.2) is 36.5 Å². The minimum Gasteiger partial charge on any atom is -0.309 e. The minimum atomic E-state index is 0.454. The van der Waals surface area contributed by atoms with Gasteiger partial charge >= 0.3 is 0 Å². The van der Waals surface area contributed by atoms with Crippen molar-refractivity contribution in [1.29, 1.82) is 0 Å². The second kappa shape index (κ2) is 6.59. The number of pyridine rings is 1. The van der Waals surface area contributed by atoms with Gasteiger partial charge in [-0.3, -0.25) is 4.98 Å². The van der Waals surface area contributed by atoms with Crippen LogP contribution < -0.4 is 5.32 Å². The van der Waals surface area contributed by atoms with E-state index in [9.17, 15) is 0 Å².